The third-order valence-electron chi connectivity index (χ3n) is 3.80. The van der Waals surface area contributed by atoms with Gasteiger partial charge in [0.05, 0.1) is 13.1 Å². The van der Waals surface area contributed by atoms with E-state index in [1.54, 1.807) is 12.1 Å². The van der Waals surface area contributed by atoms with Crippen LogP contribution in [0.3, 0.4) is 0 Å². The second kappa shape index (κ2) is 9.11. The molecule has 0 radical (unpaired) electrons. The van der Waals surface area contributed by atoms with Crippen LogP contribution in [0.4, 0.5) is 4.39 Å². The number of halogens is 1. The first kappa shape index (κ1) is 18.8. The second-order valence-electron chi connectivity index (χ2n) is 6.04. The summed E-state index contributed by atoms with van der Waals surface area (Å²) in [6.07, 6.45) is 1.92. The van der Waals surface area contributed by atoms with E-state index in [4.69, 9.17) is 4.74 Å². The Hall–Kier alpha value is -2.50. The lowest BCUT2D eigenvalue weighted by Crippen LogP contribution is -2.39. The molecule has 1 N–H and O–H groups in total. The summed E-state index contributed by atoms with van der Waals surface area (Å²) in [5.41, 5.74) is 1.21. The maximum atomic E-state index is 12.9. The first-order chi connectivity index (χ1) is 12.0. The normalized spacial score (nSPS) is 12.8. The number of aliphatic imine (C=N–C) groups is 1. The highest BCUT2D eigenvalue weighted by molar-refractivity contribution is 5.79. The number of ether oxygens (including phenoxy) is 1. The van der Waals surface area contributed by atoms with Crippen molar-refractivity contribution >= 4 is 5.96 Å². The van der Waals surface area contributed by atoms with Crippen LogP contribution in [0.25, 0.3) is 0 Å². The highest BCUT2D eigenvalue weighted by atomic mass is 19.1. The van der Waals surface area contributed by atoms with Gasteiger partial charge in [0.25, 0.3) is 0 Å². The molecule has 0 bridgehead atoms. The van der Waals surface area contributed by atoms with Gasteiger partial charge in [0.1, 0.15) is 17.7 Å². The fraction of sp³-hybridized carbons (Fsp3) is 0.421. The van der Waals surface area contributed by atoms with Gasteiger partial charge >= 0.3 is 0 Å². The lowest BCUT2D eigenvalue weighted by Gasteiger charge is -2.23. The van der Waals surface area contributed by atoms with E-state index < -0.39 is 0 Å². The van der Waals surface area contributed by atoms with Gasteiger partial charge in [0.15, 0.2) is 5.96 Å². The minimum absolute atomic E-state index is 0.109. The van der Waals surface area contributed by atoms with Crippen molar-refractivity contribution in [1.82, 2.24) is 14.8 Å². The van der Waals surface area contributed by atoms with E-state index in [1.807, 2.05) is 40.2 Å². The molecule has 136 valence electrons. The van der Waals surface area contributed by atoms with Crippen LogP contribution in [0.2, 0.25) is 0 Å². The summed E-state index contributed by atoms with van der Waals surface area (Å²) >= 11 is 0. The Morgan fingerprint density at radius 2 is 2.04 bits per heavy atom. The summed E-state index contributed by atoms with van der Waals surface area (Å²) in [6, 6.07) is 10.2. The van der Waals surface area contributed by atoms with Crippen LogP contribution in [0.1, 0.15) is 19.5 Å². The molecule has 1 unspecified atom stereocenters. The number of aromatic nitrogens is 1. The van der Waals surface area contributed by atoms with Crippen LogP contribution in [-0.4, -0.2) is 41.7 Å². The van der Waals surface area contributed by atoms with Crippen LogP contribution in [0.5, 0.6) is 5.75 Å². The van der Waals surface area contributed by atoms with Crippen LogP contribution in [0.15, 0.2) is 47.6 Å². The van der Waals surface area contributed by atoms with E-state index in [9.17, 15) is 4.39 Å². The van der Waals surface area contributed by atoms with Crippen molar-refractivity contribution in [3.05, 3.63) is 54.1 Å². The van der Waals surface area contributed by atoms with Crippen molar-refractivity contribution in [2.45, 2.75) is 26.5 Å². The van der Waals surface area contributed by atoms with Crippen molar-refractivity contribution in [2.24, 2.45) is 12.0 Å². The molecule has 2 rings (SSSR count). The number of rotatable bonds is 7. The Bertz CT molecular complexity index is 681. The average molecular weight is 346 g/mol. The number of aryl methyl sites for hydroxylation is 1. The van der Waals surface area contributed by atoms with Gasteiger partial charge in [-0.25, -0.2) is 9.38 Å². The molecule has 25 heavy (non-hydrogen) atoms. The van der Waals surface area contributed by atoms with Crippen molar-refractivity contribution in [3.63, 3.8) is 0 Å². The smallest absolute Gasteiger partial charge is 0.194 e. The van der Waals surface area contributed by atoms with Gasteiger partial charge in [-0.3, -0.25) is 0 Å². The van der Waals surface area contributed by atoms with Gasteiger partial charge in [-0.05, 0) is 50.2 Å². The molecule has 0 aliphatic heterocycles. The van der Waals surface area contributed by atoms with Crippen LogP contribution in [0, 0.1) is 5.82 Å². The molecule has 0 fully saturated rings. The molecule has 0 saturated carbocycles. The molecular weight excluding hydrogens is 319 g/mol. The summed E-state index contributed by atoms with van der Waals surface area (Å²) in [5.74, 6) is 1.21. The molecule has 1 aromatic carbocycles. The van der Waals surface area contributed by atoms with Crippen LogP contribution < -0.4 is 10.1 Å². The number of hydrogen-bond acceptors (Lipinski definition) is 2. The zero-order valence-electron chi connectivity index (χ0n) is 15.4. The van der Waals surface area contributed by atoms with Gasteiger partial charge in [-0.2, -0.15) is 0 Å². The molecule has 2 aromatic rings. The molecule has 6 heteroatoms. The minimum Gasteiger partial charge on any atom is -0.489 e. The summed E-state index contributed by atoms with van der Waals surface area (Å²) in [5, 5.41) is 3.30. The maximum absolute atomic E-state index is 12.9. The van der Waals surface area contributed by atoms with Gasteiger partial charge in [0, 0.05) is 32.5 Å². The fourth-order valence-corrected chi connectivity index (χ4v) is 2.45. The quantitative estimate of drug-likeness (QED) is 0.619. The molecule has 5 nitrogen and oxygen atoms in total. The number of hydrogen-bond donors (Lipinski definition) is 1. The van der Waals surface area contributed by atoms with E-state index in [0.717, 1.165) is 19.0 Å². The van der Waals surface area contributed by atoms with E-state index >= 15 is 0 Å². The summed E-state index contributed by atoms with van der Waals surface area (Å²) in [4.78, 5) is 6.75. The molecular formula is C19H27FN4O. The average Bonchev–Trinajstić information content (AvgIpc) is 2.98. The number of benzene rings is 1. The second-order valence-corrected chi connectivity index (χ2v) is 6.04. The predicted octanol–water partition coefficient (Wildman–Crippen LogP) is 3.03. The summed E-state index contributed by atoms with van der Waals surface area (Å²) in [7, 11) is 4.05. The Morgan fingerprint density at radius 3 is 2.64 bits per heavy atom. The number of nitrogens with zero attached hydrogens (tertiary/aromatic N) is 3. The first-order valence-corrected chi connectivity index (χ1v) is 8.51. The molecule has 1 heterocycles. The highest BCUT2D eigenvalue weighted by Crippen LogP contribution is 2.13. The zero-order chi connectivity index (χ0) is 18.2. The lowest BCUT2D eigenvalue weighted by molar-refractivity contribution is 0.229. The van der Waals surface area contributed by atoms with Gasteiger partial charge in [-0.15, -0.1) is 0 Å². The van der Waals surface area contributed by atoms with Crippen molar-refractivity contribution in [2.75, 3.05) is 20.1 Å². The Balaban J connectivity index is 1.95. The number of nitrogens with one attached hydrogen (secondary N) is 1. The van der Waals surface area contributed by atoms with Gasteiger partial charge in [0.2, 0.25) is 0 Å². The SMILES string of the molecule is CCNC(=NCC(C)Oc1ccc(F)cc1)N(C)Cc1cccn1C. The van der Waals surface area contributed by atoms with Crippen LogP contribution >= 0.6 is 0 Å². The summed E-state index contributed by atoms with van der Waals surface area (Å²) in [6.45, 7) is 6.07. The van der Waals surface area contributed by atoms with E-state index in [0.29, 0.717) is 12.3 Å². The topological polar surface area (TPSA) is 41.8 Å². The third kappa shape index (κ3) is 5.81. The summed E-state index contributed by atoms with van der Waals surface area (Å²) < 4.78 is 20.8. The standard InChI is InChI=1S/C19H27FN4O/c1-5-21-19(24(4)14-17-7-6-12-23(17)3)22-13-15(2)25-18-10-8-16(20)9-11-18/h6-12,15H,5,13-14H2,1-4H3,(H,21,22). The monoisotopic (exact) mass is 346 g/mol. The van der Waals surface area contributed by atoms with Crippen molar-refractivity contribution < 1.29 is 9.13 Å². The Labute approximate surface area is 149 Å². The molecule has 0 aliphatic carbocycles. The van der Waals surface area contributed by atoms with E-state index in [2.05, 4.69) is 25.8 Å². The van der Waals surface area contributed by atoms with Gasteiger partial charge < -0.3 is 19.5 Å². The highest BCUT2D eigenvalue weighted by Gasteiger charge is 2.10. The Kier molecular flexibility index (Phi) is 6.86. The Morgan fingerprint density at radius 1 is 1.32 bits per heavy atom. The van der Waals surface area contributed by atoms with E-state index in [1.165, 1.54) is 17.8 Å². The minimum atomic E-state index is -0.269. The van der Waals surface area contributed by atoms with E-state index in [-0.39, 0.29) is 11.9 Å². The maximum Gasteiger partial charge on any atom is 0.194 e. The molecule has 0 saturated heterocycles. The third-order valence-corrected chi connectivity index (χ3v) is 3.80. The number of guanidine groups is 1. The molecule has 0 aliphatic rings. The lowest BCUT2D eigenvalue weighted by atomic mass is 10.3. The molecule has 1 atom stereocenters. The van der Waals surface area contributed by atoms with Crippen molar-refractivity contribution in [1.29, 1.82) is 0 Å². The van der Waals surface area contributed by atoms with Crippen LogP contribution in [-0.2, 0) is 13.6 Å². The van der Waals surface area contributed by atoms with Crippen molar-refractivity contribution in [3.8, 4) is 5.75 Å². The molecule has 1 aromatic heterocycles. The fourth-order valence-electron chi connectivity index (χ4n) is 2.45. The largest absolute Gasteiger partial charge is 0.489 e. The predicted molar refractivity (Wildman–Crippen MR) is 99.3 cm³/mol. The zero-order valence-corrected chi connectivity index (χ0v) is 15.4. The van der Waals surface area contributed by atoms with Gasteiger partial charge in [-0.1, -0.05) is 0 Å². The molecule has 0 spiro atoms. The molecule has 0 amide bonds. The first-order valence-electron chi connectivity index (χ1n) is 8.51.